The van der Waals surface area contributed by atoms with Crippen LogP contribution in [0.2, 0.25) is 0 Å². The smallest absolute Gasteiger partial charge is 0.238 e. The Bertz CT molecular complexity index is 620. The number of rotatable bonds is 1. The van der Waals surface area contributed by atoms with Gasteiger partial charge in [0, 0.05) is 27.6 Å². The number of pyridine rings is 1. The molecule has 0 aliphatic rings. The van der Waals surface area contributed by atoms with E-state index in [1.807, 2.05) is 0 Å². The number of hydrogen-bond donors (Lipinski definition) is 1. The average Bonchev–Trinajstić information content (AvgIpc) is 2.16. The van der Waals surface area contributed by atoms with Crippen LogP contribution in [-0.4, -0.2) is 13.4 Å². The standard InChI is InChI=1S/C9H7BrN2O2S/c10-7-5-12-4-6-2-1-3-8(9(6)7)15(11,13)14/h1-5H,(H2,11,13,14). The monoisotopic (exact) mass is 286 g/mol. The van der Waals surface area contributed by atoms with Crippen LogP contribution < -0.4 is 5.14 Å². The van der Waals surface area contributed by atoms with E-state index in [1.165, 1.54) is 12.3 Å². The molecular weight excluding hydrogens is 280 g/mol. The lowest BCUT2D eigenvalue weighted by atomic mass is 10.2. The van der Waals surface area contributed by atoms with Crippen molar-refractivity contribution in [3.63, 3.8) is 0 Å². The lowest BCUT2D eigenvalue weighted by molar-refractivity contribution is 0.598. The second-order valence-electron chi connectivity index (χ2n) is 3.02. The first-order valence-corrected chi connectivity index (χ1v) is 6.39. The van der Waals surface area contributed by atoms with Crippen molar-refractivity contribution in [1.82, 2.24) is 4.98 Å². The zero-order valence-corrected chi connectivity index (χ0v) is 9.92. The fourth-order valence-corrected chi connectivity index (χ4v) is 2.87. The molecule has 1 heterocycles. The van der Waals surface area contributed by atoms with Crippen molar-refractivity contribution < 1.29 is 8.42 Å². The van der Waals surface area contributed by atoms with Gasteiger partial charge in [-0.3, -0.25) is 4.98 Å². The SMILES string of the molecule is NS(=O)(=O)c1cccc2cncc(Br)c12. The van der Waals surface area contributed by atoms with E-state index in [0.29, 0.717) is 9.86 Å². The molecule has 4 nitrogen and oxygen atoms in total. The molecule has 0 atom stereocenters. The largest absolute Gasteiger partial charge is 0.263 e. The molecule has 15 heavy (non-hydrogen) atoms. The molecule has 2 rings (SSSR count). The van der Waals surface area contributed by atoms with E-state index in [4.69, 9.17) is 5.14 Å². The molecule has 0 bridgehead atoms. The minimum Gasteiger partial charge on any atom is -0.263 e. The molecule has 0 saturated heterocycles. The second-order valence-corrected chi connectivity index (χ2v) is 5.40. The number of benzene rings is 1. The summed E-state index contributed by atoms with van der Waals surface area (Å²) in [5.74, 6) is 0. The van der Waals surface area contributed by atoms with E-state index in [1.54, 1.807) is 18.3 Å². The van der Waals surface area contributed by atoms with Gasteiger partial charge in [-0.1, -0.05) is 12.1 Å². The van der Waals surface area contributed by atoms with Gasteiger partial charge in [0.15, 0.2) is 0 Å². The van der Waals surface area contributed by atoms with E-state index in [-0.39, 0.29) is 4.90 Å². The van der Waals surface area contributed by atoms with E-state index in [9.17, 15) is 8.42 Å². The Balaban J connectivity index is 2.99. The Morgan fingerprint density at radius 1 is 1.27 bits per heavy atom. The molecule has 6 heteroatoms. The highest BCUT2D eigenvalue weighted by molar-refractivity contribution is 9.10. The van der Waals surface area contributed by atoms with E-state index >= 15 is 0 Å². The lowest BCUT2D eigenvalue weighted by Crippen LogP contribution is -2.12. The minimum absolute atomic E-state index is 0.106. The Kier molecular flexibility index (Phi) is 2.49. The third-order valence-electron chi connectivity index (χ3n) is 2.01. The summed E-state index contributed by atoms with van der Waals surface area (Å²) in [5, 5.41) is 6.42. The summed E-state index contributed by atoms with van der Waals surface area (Å²) in [6.45, 7) is 0. The van der Waals surface area contributed by atoms with Crippen molar-refractivity contribution in [2.24, 2.45) is 5.14 Å². The summed E-state index contributed by atoms with van der Waals surface area (Å²) in [6, 6.07) is 4.89. The van der Waals surface area contributed by atoms with Gasteiger partial charge in [0.2, 0.25) is 10.0 Å². The van der Waals surface area contributed by atoms with Crippen LogP contribution in [0.5, 0.6) is 0 Å². The Morgan fingerprint density at radius 3 is 2.67 bits per heavy atom. The Labute approximate surface area is 95.3 Å². The maximum atomic E-state index is 11.3. The van der Waals surface area contributed by atoms with E-state index in [0.717, 1.165) is 5.39 Å². The summed E-state index contributed by atoms with van der Waals surface area (Å²) in [5.41, 5.74) is 0. The molecule has 2 aromatic rings. The van der Waals surface area contributed by atoms with Crippen LogP contribution in [-0.2, 0) is 10.0 Å². The molecule has 0 radical (unpaired) electrons. The van der Waals surface area contributed by atoms with Gasteiger partial charge in [-0.2, -0.15) is 0 Å². The van der Waals surface area contributed by atoms with Gasteiger partial charge >= 0.3 is 0 Å². The molecule has 0 aliphatic carbocycles. The second kappa shape index (κ2) is 3.55. The topological polar surface area (TPSA) is 73.1 Å². The fourth-order valence-electron chi connectivity index (χ4n) is 1.40. The van der Waals surface area contributed by atoms with E-state index < -0.39 is 10.0 Å². The average molecular weight is 287 g/mol. The fraction of sp³-hybridized carbons (Fsp3) is 0. The summed E-state index contributed by atoms with van der Waals surface area (Å²) >= 11 is 3.26. The van der Waals surface area contributed by atoms with E-state index in [2.05, 4.69) is 20.9 Å². The van der Waals surface area contributed by atoms with Gasteiger partial charge < -0.3 is 0 Å². The van der Waals surface area contributed by atoms with Crippen LogP contribution in [0.4, 0.5) is 0 Å². The number of nitrogens with zero attached hydrogens (tertiary/aromatic N) is 1. The molecule has 0 fully saturated rings. The summed E-state index contributed by atoms with van der Waals surface area (Å²) < 4.78 is 23.3. The third-order valence-corrected chi connectivity index (χ3v) is 3.56. The first-order chi connectivity index (χ1) is 7.00. The predicted octanol–water partition coefficient (Wildman–Crippen LogP) is 1.64. The van der Waals surface area contributed by atoms with Crippen molar-refractivity contribution in [3.8, 4) is 0 Å². The number of primary sulfonamides is 1. The number of nitrogens with two attached hydrogens (primary N) is 1. The van der Waals surface area contributed by atoms with Crippen molar-refractivity contribution in [3.05, 3.63) is 35.1 Å². The Morgan fingerprint density at radius 2 is 2.00 bits per heavy atom. The third kappa shape index (κ3) is 1.88. The van der Waals surface area contributed by atoms with Gasteiger partial charge in [0.05, 0.1) is 4.90 Å². The molecule has 0 spiro atoms. The molecular formula is C9H7BrN2O2S. The zero-order chi connectivity index (χ0) is 11.1. The molecule has 1 aromatic carbocycles. The molecule has 78 valence electrons. The predicted molar refractivity (Wildman–Crippen MR) is 60.8 cm³/mol. The van der Waals surface area contributed by atoms with Crippen molar-refractivity contribution >= 4 is 36.7 Å². The first-order valence-electron chi connectivity index (χ1n) is 4.05. The van der Waals surface area contributed by atoms with Crippen LogP contribution in [0.1, 0.15) is 0 Å². The van der Waals surface area contributed by atoms with Gasteiger partial charge in [-0.15, -0.1) is 0 Å². The van der Waals surface area contributed by atoms with Crippen LogP contribution in [0.3, 0.4) is 0 Å². The molecule has 0 saturated carbocycles. The Hall–Kier alpha value is -0.980. The quantitative estimate of drug-likeness (QED) is 0.866. The van der Waals surface area contributed by atoms with Gasteiger partial charge in [0.1, 0.15) is 0 Å². The van der Waals surface area contributed by atoms with Gasteiger partial charge in [-0.05, 0) is 22.0 Å². The van der Waals surface area contributed by atoms with Gasteiger partial charge in [0.25, 0.3) is 0 Å². The number of fused-ring (bicyclic) bond motifs is 1. The van der Waals surface area contributed by atoms with Crippen molar-refractivity contribution in [2.75, 3.05) is 0 Å². The lowest BCUT2D eigenvalue weighted by Gasteiger charge is -2.05. The number of aromatic nitrogens is 1. The molecule has 2 N–H and O–H groups in total. The van der Waals surface area contributed by atoms with Gasteiger partial charge in [-0.25, -0.2) is 13.6 Å². The number of hydrogen-bond acceptors (Lipinski definition) is 3. The van der Waals surface area contributed by atoms with Crippen molar-refractivity contribution in [2.45, 2.75) is 4.90 Å². The van der Waals surface area contributed by atoms with Crippen LogP contribution >= 0.6 is 15.9 Å². The number of sulfonamides is 1. The normalized spacial score (nSPS) is 11.9. The maximum absolute atomic E-state index is 11.3. The summed E-state index contributed by atoms with van der Waals surface area (Å²) in [7, 11) is -3.71. The molecule has 0 aliphatic heterocycles. The highest BCUT2D eigenvalue weighted by atomic mass is 79.9. The van der Waals surface area contributed by atoms with Crippen LogP contribution in [0.15, 0.2) is 40.0 Å². The molecule has 0 amide bonds. The zero-order valence-electron chi connectivity index (χ0n) is 7.51. The molecule has 1 aromatic heterocycles. The minimum atomic E-state index is -3.71. The maximum Gasteiger partial charge on any atom is 0.238 e. The highest BCUT2D eigenvalue weighted by Gasteiger charge is 2.13. The van der Waals surface area contributed by atoms with Crippen LogP contribution in [0, 0.1) is 0 Å². The highest BCUT2D eigenvalue weighted by Crippen LogP contribution is 2.28. The summed E-state index contributed by atoms with van der Waals surface area (Å²) in [6.07, 6.45) is 3.13. The summed E-state index contributed by atoms with van der Waals surface area (Å²) in [4.78, 5) is 4.06. The van der Waals surface area contributed by atoms with Crippen LogP contribution in [0.25, 0.3) is 10.8 Å². The number of halogens is 1. The van der Waals surface area contributed by atoms with Crippen molar-refractivity contribution in [1.29, 1.82) is 0 Å². The molecule has 0 unspecified atom stereocenters. The first kappa shape index (κ1) is 10.5.